The number of carbonyl (C=O) groups excluding carboxylic acids is 1. The van der Waals surface area contributed by atoms with Gasteiger partial charge in [-0.1, -0.05) is 0 Å². The van der Waals surface area contributed by atoms with Crippen LogP contribution in [0.25, 0.3) is 0 Å². The summed E-state index contributed by atoms with van der Waals surface area (Å²) in [4.78, 5) is 15.8. The highest BCUT2D eigenvalue weighted by Crippen LogP contribution is 2.33. The van der Waals surface area contributed by atoms with Crippen LogP contribution in [-0.2, 0) is 11.8 Å². The van der Waals surface area contributed by atoms with Crippen molar-refractivity contribution in [3.8, 4) is 0 Å². The lowest BCUT2D eigenvalue weighted by Crippen LogP contribution is -2.40. The minimum absolute atomic E-state index is 0.0895. The standard InChI is InChI=1S/C16H20FN5O2/c1-9-14(10(2)22(3)21-9)15-13(5-7-24-15)20-16(23)19-12-4-6-18-8-11(12)17/h4,6,8,13,15H,5,7H2,1-3H3,(H2,18,19,20,23)/t13-,15-/m0/s1. The number of nitrogens with one attached hydrogen (secondary N) is 2. The predicted molar refractivity (Wildman–Crippen MR) is 86.1 cm³/mol. The lowest BCUT2D eigenvalue weighted by Gasteiger charge is -2.21. The molecule has 2 N–H and O–H groups in total. The van der Waals surface area contributed by atoms with Gasteiger partial charge in [0.05, 0.1) is 23.6 Å². The smallest absolute Gasteiger partial charge is 0.319 e. The fraction of sp³-hybridized carbons (Fsp3) is 0.438. The van der Waals surface area contributed by atoms with Gasteiger partial charge in [0.2, 0.25) is 0 Å². The van der Waals surface area contributed by atoms with Gasteiger partial charge in [0.25, 0.3) is 0 Å². The van der Waals surface area contributed by atoms with Crippen LogP contribution in [0.4, 0.5) is 14.9 Å². The molecule has 2 aromatic heterocycles. The van der Waals surface area contributed by atoms with E-state index in [9.17, 15) is 9.18 Å². The quantitative estimate of drug-likeness (QED) is 0.902. The van der Waals surface area contributed by atoms with Gasteiger partial charge in [-0.3, -0.25) is 9.67 Å². The van der Waals surface area contributed by atoms with Crippen molar-refractivity contribution in [1.82, 2.24) is 20.1 Å². The molecule has 24 heavy (non-hydrogen) atoms. The van der Waals surface area contributed by atoms with Crippen molar-refractivity contribution in [3.05, 3.63) is 41.2 Å². The van der Waals surface area contributed by atoms with E-state index in [0.717, 1.165) is 23.1 Å². The molecular weight excluding hydrogens is 313 g/mol. The zero-order chi connectivity index (χ0) is 17.3. The molecular formula is C16H20FN5O2. The third-order valence-corrected chi connectivity index (χ3v) is 4.28. The van der Waals surface area contributed by atoms with Crippen LogP contribution in [0.15, 0.2) is 18.5 Å². The van der Waals surface area contributed by atoms with E-state index in [4.69, 9.17) is 4.74 Å². The van der Waals surface area contributed by atoms with Crippen molar-refractivity contribution >= 4 is 11.7 Å². The molecule has 0 spiro atoms. The Morgan fingerprint density at radius 3 is 2.92 bits per heavy atom. The number of carbonyl (C=O) groups is 1. The summed E-state index contributed by atoms with van der Waals surface area (Å²) in [6.45, 7) is 4.45. The van der Waals surface area contributed by atoms with E-state index >= 15 is 0 Å². The molecule has 0 aliphatic carbocycles. The summed E-state index contributed by atoms with van der Waals surface area (Å²) >= 11 is 0. The van der Waals surface area contributed by atoms with E-state index in [0.29, 0.717) is 13.0 Å². The number of ether oxygens (including phenoxy) is 1. The Kier molecular flexibility index (Phi) is 4.48. The maximum Gasteiger partial charge on any atom is 0.319 e. The van der Waals surface area contributed by atoms with Crippen LogP contribution >= 0.6 is 0 Å². The summed E-state index contributed by atoms with van der Waals surface area (Å²) in [5.74, 6) is -0.578. The Balaban J connectivity index is 1.72. The average molecular weight is 333 g/mol. The average Bonchev–Trinajstić information content (AvgIpc) is 3.06. The van der Waals surface area contributed by atoms with Gasteiger partial charge in [-0.05, 0) is 26.3 Å². The monoisotopic (exact) mass is 333 g/mol. The minimum Gasteiger partial charge on any atom is -0.371 e. The summed E-state index contributed by atoms with van der Waals surface area (Å²) < 4.78 is 21.2. The van der Waals surface area contributed by atoms with Gasteiger partial charge in [0.1, 0.15) is 6.10 Å². The zero-order valence-electron chi connectivity index (χ0n) is 13.8. The van der Waals surface area contributed by atoms with Gasteiger partial charge in [-0.25, -0.2) is 9.18 Å². The zero-order valence-corrected chi connectivity index (χ0v) is 13.8. The summed E-state index contributed by atoms with van der Waals surface area (Å²) in [6, 6.07) is 0.740. The van der Waals surface area contributed by atoms with E-state index < -0.39 is 11.8 Å². The van der Waals surface area contributed by atoms with Crippen LogP contribution < -0.4 is 10.6 Å². The summed E-state index contributed by atoms with van der Waals surface area (Å²) in [7, 11) is 1.88. The van der Waals surface area contributed by atoms with Gasteiger partial charge in [0, 0.05) is 31.1 Å². The highest BCUT2D eigenvalue weighted by molar-refractivity contribution is 5.89. The highest BCUT2D eigenvalue weighted by atomic mass is 19.1. The van der Waals surface area contributed by atoms with Gasteiger partial charge >= 0.3 is 6.03 Å². The Morgan fingerprint density at radius 2 is 2.25 bits per heavy atom. The number of pyridine rings is 1. The molecule has 1 fully saturated rings. The second kappa shape index (κ2) is 6.56. The van der Waals surface area contributed by atoms with E-state index in [2.05, 4.69) is 20.7 Å². The number of hydrogen-bond acceptors (Lipinski definition) is 4. The van der Waals surface area contributed by atoms with Crippen LogP contribution in [0, 0.1) is 19.7 Å². The number of anilines is 1. The molecule has 0 bridgehead atoms. The van der Waals surface area contributed by atoms with E-state index in [1.807, 2.05) is 20.9 Å². The molecule has 1 aliphatic heterocycles. The minimum atomic E-state index is -0.578. The molecule has 2 amide bonds. The first-order valence-electron chi connectivity index (χ1n) is 7.76. The molecule has 2 atom stereocenters. The topological polar surface area (TPSA) is 81.1 Å². The third kappa shape index (κ3) is 3.09. The number of urea groups is 1. The lowest BCUT2D eigenvalue weighted by atomic mass is 10.0. The van der Waals surface area contributed by atoms with Gasteiger partial charge in [0.15, 0.2) is 5.82 Å². The molecule has 0 saturated carbocycles. The molecule has 3 heterocycles. The first-order valence-corrected chi connectivity index (χ1v) is 7.76. The third-order valence-electron chi connectivity index (χ3n) is 4.28. The molecule has 3 rings (SSSR count). The van der Waals surface area contributed by atoms with Crippen LogP contribution in [0.3, 0.4) is 0 Å². The van der Waals surface area contributed by atoms with Gasteiger partial charge < -0.3 is 15.4 Å². The van der Waals surface area contributed by atoms with Crippen molar-refractivity contribution in [1.29, 1.82) is 0 Å². The molecule has 0 radical (unpaired) electrons. The van der Waals surface area contributed by atoms with Gasteiger partial charge in [-0.15, -0.1) is 0 Å². The number of amides is 2. The van der Waals surface area contributed by atoms with Crippen molar-refractivity contribution < 1.29 is 13.9 Å². The summed E-state index contributed by atoms with van der Waals surface area (Å²) in [5, 5.41) is 9.77. The van der Waals surface area contributed by atoms with Crippen LogP contribution in [-0.4, -0.2) is 33.4 Å². The van der Waals surface area contributed by atoms with Crippen molar-refractivity contribution in [2.75, 3.05) is 11.9 Å². The Morgan fingerprint density at radius 1 is 1.46 bits per heavy atom. The molecule has 0 unspecified atom stereocenters. The molecule has 0 aromatic carbocycles. The fourth-order valence-electron chi connectivity index (χ4n) is 3.03. The number of aryl methyl sites for hydroxylation is 2. The molecule has 8 heteroatoms. The Hall–Kier alpha value is -2.48. The maximum atomic E-state index is 13.6. The molecule has 128 valence electrons. The van der Waals surface area contributed by atoms with Crippen LogP contribution in [0.2, 0.25) is 0 Å². The first-order chi connectivity index (χ1) is 11.5. The normalized spacial score (nSPS) is 20.2. The number of nitrogens with zero attached hydrogens (tertiary/aromatic N) is 3. The van der Waals surface area contributed by atoms with Crippen molar-refractivity contribution in [3.63, 3.8) is 0 Å². The molecule has 1 aliphatic rings. The number of aromatic nitrogens is 3. The molecule has 7 nitrogen and oxygen atoms in total. The predicted octanol–water partition coefficient (Wildman–Crippen LogP) is 2.22. The fourth-order valence-corrected chi connectivity index (χ4v) is 3.03. The summed E-state index contributed by atoms with van der Waals surface area (Å²) in [6.07, 6.45) is 2.90. The SMILES string of the molecule is Cc1nn(C)c(C)c1[C@H]1OCC[C@@H]1NC(=O)Nc1ccncc1F. The second-order valence-corrected chi connectivity index (χ2v) is 5.85. The van der Waals surface area contributed by atoms with Crippen molar-refractivity contribution in [2.24, 2.45) is 7.05 Å². The highest BCUT2D eigenvalue weighted by Gasteiger charge is 2.34. The molecule has 2 aromatic rings. The first kappa shape index (κ1) is 16.4. The van der Waals surface area contributed by atoms with E-state index in [1.165, 1.54) is 12.3 Å². The van der Waals surface area contributed by atoms with Gasteiger partial charge in [-0.2, -0.15) is 5.10 Å². The summed E-state index contributed by atoms with van der Waals surface area (Å²) in [5.41, 5.74) is 2.98. The maximum absolute atomic E-state index is 13.6. The van der Waals surface area contributed by atoms with E-state index in [1.54, 1.807) is 4.68 Å². The molecule has 1 saturated heterocycles. The second-order valence-electron chi connectivity index (χ2n) is 5.85. The lowest BCUT2D eigenvalue weighted by molar-refractivity contribution is 0.0993. The van der Waals surface area contributed by atoms with Crippen molar-refractivity contribution in [2.45, 2.75) is 32.4 Å². The largest absolute Gasteiger partial charge is 0.371 e. The number of halogens is 1. The van der Waals surface area contributed by atoms with Crippen LogP contribution in [0.1, 0.15) is 29.5 Å². The number of hydrogen-bond donors (Lipinski definition) is 2. The number of rotatable bonds is 3. The Bertz CT molecular complexity index is 761. The van der Waals surface area contributed by atoms with E-state index in [-0.39, 0.29) is 17.8 Å². The Labute approximate surface area is 139 Å². The van der Waals surface area contributed by atoms with Crippen LogP contribution in [0.5, 0.6) is 0 Å².